The summed E-state index contributed by atoms with van der Waals surface area (Å²) in [5, 5.41) is 3.05. The lowest BCUT2D eigenvalue weighted by molar-refractivity contribution is -0.146. The van der Waals surface area contributed by atoms with Crippen molar-refractivity contribution < 1.29 is 22.7 Å². The Hall–Kier alpha value is -1.27. The third-order valence-electron chi connectivity index (χ3n) is 3.35. The van der Waals surface area contributed by atoms with Crippen LogP contribution in [0.1, 0.15) is 24.4 Å². The SMILES string of the molecule is COC(=O)C1CCNC(c2cc(F)c(F)c(F)c2)C1.Cl. The highest BCUT2D eigenvalue weighted by atomic mass is 35.5. The first kappa shape index (κ1) is 16.8. The molecule has 2 atom stereocenters. The zero-order chi connectivity index (χ0) is 14.0. The highest BCUT2D eigenvalue weighted by Crippen LogP contribution is 2.29. The maximum atomic E-state index is 13.2. The Kier molecular flexibility index (Phi) is 5.83. The second-order valence-electron chi connectivity index (χ2n) is 4.55. The summed E-state index contributed by atoms with van der Waals surface area (Å²) in [6.45, 7) is 0.533. The van der Waals surface area contributed by atoms with Gasteiger partial charge in [0.15, 0.2) is 17.5 Å². The van der Waals surface area contributed by atoms with Crippen LogP contribution in [0.5, 0.6) is 0 Å². The van der Waals surface area contributed by atoms with Crippen molar-refractivity contribution in [1.29, 1.82) is 0 Å². The first-order valence-corrected chi connectivity index (χ1v) is 5.98. The molecule has 1 saturated heterocycles. The Bertz CT molecular complexity index is 475. The molecule has 0 amide bonds. The van der Waals surface area contributed by atoms with Gasteiger partial charge in [-0.2, -0.15) is 0 Å². The summed E-state index contributed by atoms with van der Waals surface area (Å²) in [4.78, 5) is 11.5. The van der Waals surface area contributed by atoms with E-state index in [1.807, 2.05) is 0 Å². The number of hydrogen-bond acceptors (Lipinski definition) is 3. The minimum Gasteiger partial charge on any atom is -0.469 e. The molecule has 1 aliphatic rings. The lowest BCUT2D eigenvalue weighted by Gasteiger charge is -2.29. The summed E-state index contributed by atoms with van der Waals surface area (Å²) in [7, 11) is 1.30. The second-order valence-corrected chi connectivity index (χ2v) is 4.55. The molecule has 2 rings (SSSR count). The summed E-state index contributed by atoms with van der Waals surface area (Å²) in [5.41, 5.74) is 0.296. The third-order valence-corrected chi connectivity index (χ3v) is 3.35. The highest BCUT2D eigenvalue weighted by molar-refractivity contribution is 5.85. The van der Waals surface area contributed by atoms with Crippen LogP contribution in [0, 0.1) is 23.4 Å². The van der Waals surface area contributed by atoms with Crippen LogP contribution in [0.4, 0.5) is 13.2 Å². The Morgan fingerprint density at radius 1 is 1.30 bits per heavy atom. The number of piperidine rings is 1. The van der Waals surface area contributed by atoms with Crippen LogP contribution in [0.2, 0.25) is 0 Å². The molecule has 1 aromatic rings. The van der Waals surface area contributed by atoms with Crippen LogP contribution in [-0.4, -0.2) is 19.6 Å². The molecule has 1 heterocycles. The largest absolute Gasteiger partial charge is 0.469 e. The van der Waals surface area contributed by atoms with Crippen LogP contribution >= 0.6 is 12.4 Å². The van der Waals surface area contributed by atoms with Gasteiger partial charge in [0.2, 0.25) is 0 Å². The molecule has 112 valence electrons. The molecule has 20 heavy (non-hydrogen) atoms. The maximum absolute atomic E-state index is 13.2. The average molecular weight is 310 g/mol. The first-order chi connectivity index (χ1) is 9.02. The van der Waals surface area contributed by atoms with E-state index in [0.29, 0.717) is 24.9 Å². The molecular formula is C13H15ClF3NO2. The number of ether oxygens (including phenoxy) is 1. The predicted molar refractivity (Wildman–Crippen MR) is 69.0 cm³/mol. The number of rotatable bonds is 2. The van der Waals surface area contributed by atoms with E-state index in [1.54, 1.807) is 0 Å². The topological polar surface area (TPSA) is 38.3 Å². The monoisotopic (exact) mass is 309 g/mol. The van der Waals surface area contributed by atoms with Crippen LogP contribution in [0.15, 0.2) is 12.1 Å². The van der Waals surface area contributed by atoms with Gasteiger partial charge in [0.05, 0.1) is 13.0 Å². The number of benzene rings is 1. The fourth-order valence-electron chi connectivity index (χ4n) is 2.33. The number of esters is 1. The minimum atomic E-state index is -1.48. The van der Waals surface area contributed by atoms with E-state index in [9.17, 15) is 18.0 Å². The lowest BCUT2D eigenvalue weighted by Crippen LogP contribution is -2.35. The van der Waals surface area contributed by atoms with Crippen LogP contribution in [0.3, 0.4) is 0 Å². The van der Waals surface area contributed by atoms with Gasteiger partial charge in [-0.25, -0.2) is 13.2 Å². The van der Waals surface area contributed by atoms with Crippen molar-refractivity contribution in [2.24, 2.45) is 5.92 Å². The van der Waals surface area contributed by atoms with Gasteiger partial charge in [0.25, 0.3) is 0 Å². The van der Waals surface area contributed by atoms with Crippen molar-refractivity contribution in [1.82, 2.24) is 5.32 Å². The van der Waals surface area contributed by atoms with Gasteiger partial charge < -0.3 is 10.1 Å². The molecule has 0 saturated carbocycles. The summed E-state index contributed by atoms with van der Waals surface area (Å²) in [6, 6.07) is 1.52. The number of carbonyl (C=O) groups is 1. The Morgan fingerprint density at radius 3 is 2.45 bits per heavy atom. The molecule has 1 fully saturated rings. The highest BCUT2D eigenvalue weighted by Gasteiger charge is 2.29. The van der Waals surface area contributed by atoms with Gasteiger partial charge in [-0.05, 0) is 37.1 Å². The van der Waals surface area contributed by atoms with E-state index in [0.717, 1.165) is 12.1 Å². The van der Waals surface area contributed by atoms with Crippen LogP contribution in [0.25, 0.3) is 0 Å². The fraction of sp³-hybridized carbons (Fsp3) is 0.462. The van der Waals surface area contributed by atoms with E-state index in [1.165, 1.54) is 7.11 Å². The van der Waals surface area contributed by atoms with Gasteiger partial charge in [0.1, 0.15) is 0 Å². The summed E-state index contributed by atoms with van der Waals surface area (Å²) in [5.74, 6) is -4.58. The normalized spacial score (nSPS) is 22.0. The number of carbonyl (C=O) groups excluding carboxylic acids is 1. The zero-order valence-corrected chi connectivity index (χ0v) is 11.6. The molecule has 7 heteroatoms. The standard InChI is InChI=1S/C13H14F3NO2.ClH/c1-19-13(18)7-2-3-17-11(6-7)8-4-9(14)12(16)10(15)5-8;/h4-5,7,11,17H,2-3,6H2,1H3;1H. The van der Waals surface area contributed by atoms with Gasteiger partial charge in [-0.1, -0.05) is 0 Å². The van der Waals surface area contributed by atoms with E-state index >= 15 is 0 Å². The lowest BCUT2D eigenvalue weighted by atomic mass is 9.88. The fourth-order valence-corrected chi connectivity index (χ4v) is 2.33. The molecule has 1 aliphatic heterocycles. The number of halogens is 4. The zero-order valence-electron chi connectivity index (χ0n) is 10.8. The van der Waals surface area contributed by atoms with Crippen LogP contribution in [-0.2, 0) is 9.53 Å². The molecule has 0 radical (unpaired) electrons. The van der Waals surface area contributed by atoms with Gasteiger partial charge in [0, 0.05) is 6.04 Å². The van der Waals surface area contributed by atoms with Crippen molar-refractivity contribution >= 4 is 18.4 Å². The number of hydrogen-bond donors (Lipinski definition) is 1. The molecule has 3 nitrogen and oxygen atoms in total. The van der Waals surface area contributed by atoms with Crippen molar-refractivity contribution in [3.8, 4) is 0 Å². The van der Waals surface area contributed by atoms with E-state index in [4.69, 9.17) is 0 Å². The molecule has 0 aliphatic carbocycles. The molecule has 1 aromatic carbocycles. The van der Waals surface area contributed by atoms with E-state index in [2.05, 4.69) is 10.1 Å². The molecule has 0 aromatic heterocycles. The van der Waals surface area contributed by atoms with E-state index in [-0.39, 0.29) is 30.3 Å². The molecule has 0 spiro atoms. The molecule has 2 unspecified atom stereocenters. The Labute approximate surface area is 120 Å². The van der Waals surface area contributed by atoms with Crippen molar-refractivity contribution in [2.75, 3.05) is 13.7 Å². The Balaban J connectivity index is 0.00000200. The third kappa shape index (κ3) is 3.43. The minimum absolute atomic E-state index is 0. The number of nitrogens with one attached hydrogen (secondary N) is 1. The molecular weight excluding hydrogens is 295 g/mol. The Morgan fingerprint density at radius 2 is 1.90 bits per heavy atom. The van der Waals surface area contributed by atoms with Crippen molar-refractivity contribution in [3.05, 3.63) is 35.1 Å². The predicted octanol–water partition coefficient (Wildman–Crippen LogP) is 2.74. The second kappa shape index (κ2) is 6.95. The van der Waals surface area contributed by atoms with Gasteiger partial charge in [-0.3, -0.25) is 4.79 Å². The summed E-state index contributed by atoms with van der Waals surface area (Å²) in [6.07, 6.45) is 0.979. The average Bonchev–Trinajstić information content (AvgIpc) is 2.43. The smallest absolute Gasteiger partial charge is 0.308 e. The van der Waals surface area contributed by atoms with E-state index < -0.39 is 17.5 Å². The molecule has 1 N–H and O–H groups in total. The van der Waals surface area contributed by atoms with Gasteiger partial charge in [-0.15, -0.1) is 12.4 Å². The molecule has 0 bridgehead atoms. The van der Waals surface area contributed by atoms with Crippen molar-refractivity contribution in [3.63, 3.8) is 0 Å². The quantitative estimate of drug-likeness (QED) is 0.674. The number of methoxy groups -OCH3 is 1. The first-order valence-electron chi connectivity index (χ1n) is 5.98. The van der Waals surface area contributed by atoms with Gasteiger partial charge >= 0.3 is 5.97 Å². The maximum Gasteiger partial charge on any atom is 0.308 e. The van der Waals surface area contributed by atoms with Crippen molar-refractivity contribution in [2.45, 2.75) is 18.9 Å². The van der Waals surface area contributed by atoms with Crippen LogP contribution < -0.4 is 5.32 Å². The summed E-state index contributed by atoms with van der Waals surface area (Å²) >= 11 is 0. The summed E-state index contributed by atoms with van der Waals surface area (Å²) < 4.78 is 43.9.